The summed E-state index contributed by atoms with van der Waals surface area (Å²) < 4.78 is 9.01. The van der Waals surface area contributed by atoms with Gasteiger partial charge in [0.1, 0.15) is 12.2 Å². The van der Waals surface area contributed by atoms with Gasteiger partial charge in [-0.2, -0.15) is 0 Å². The van der Waals surface area contributed by atoms with E-state index in [1.807, 2.05) is 0 Å². The van der Waals surface area contributed by atoms with E-state index in [0.717, 1.165) is 0 Å². The molecule has 1 N–H and O–H groups in total. The molecule has 0 aromatic heterocycles. The number of Topliss-reactive ketones (excluding diaryl/α,β-unsaturated/α-hetero) is 1. The summed E-state index contributed by atoms with van der Waals surface area (Å²) in [6.07, 6.45) is -0.103. The van der Waals surface area contributed by atoms with Crippen molar-refractivity contribution in [3.05, 3.63) is 0 Å². The fraction of sp³-hybridized carbons (Fsp3) is 0.750. The van der Waals surface area contributed by atoms with Crippen LogP contribution < -0.4 is 0 Å². The van der Waals surface area contributed by atoms with Crippen LogP contribution in [-0.2, 0) is 23.9 Å². The smallest absolute Gasteiger partial charge is 0.337 e. The number of rotatable bonds is 5. The van der Waals surface area contributed by atoms with E-state index in [1.165, 1.54) is 20.8 Å². The SMILES string of the molecule is CCOC(=O)C(C)(C)O.CCOC(=O)CC(C)=O. The monoisotopic (exact) mass is 262 g/mol. The maximum absolute atomic E-state index is 10.6. The lowest BCUT2D eigenvalue weighted by Gasteiger charge is -2.13. The van der Waals surface area contributed by atoms with Gasteiger partial charge >= 0.3 is 11.9 Å². The van der Waals surface area contributed by atoms with Gasteiger partial charge in [-0.15, -0.1) is 0 Å². The molecule has 6 heteroatoms. The van der Waals surface area contributed by atoms with Crippen LogP contribution >= 0.6 is 0 Å². The fourth-order valence-electron chi connectivity index (χ4n) is 0.723. The summed E-state index contributed by atoms with van der Waals surface area (Å²) in [6, 6.07) is 0. The average molecular weight is 262 g/mol. The number of carbonyl (C=O) groups is 3. The van der Waals surface area contributed by atoms with Crippen molar-refractivity contribution >= 4 is 17.7 Å². The molecule has 0 saturated heterocycles. The van der Waals surface area contributed by atoms with Crippen molar-refractivity contribution in [2.45, 2.75) is 46.6 Å². The Labute approximate surface area is 107 Å². The van der Waals surface area contributed by atoms with E-state index >= 15 is 0 Å². The van der Waals surface area contributed by atoms with E-state index < -0.39 is 17.5 Å². The Hall–Kier alpha value is -1.43. The highest BCUT2D eigenvalue weighted by molar-refractivity contribution is 5.94. The second kappa shape index (κ2) is 9.58. The molecule has 0 saturated carbocycles. The molecule has 0 aliphatic rings. The Morgan fingerprint density at radius 3 is 1.72 bits per heavy atom. The van der Waals surface area contributed by atoms with Crippen molar-refractivity contribution in [3.8, 4) is 0 Å². The molecule has 0 aromatic carbocycles. The number of ketones is 1. The normalized spacial score (nSPS) is 9.89. The molecule has 0 bridgehead atoms. The summed E-state index contributed by atoms with van der Waals surface area (Å²) in [5.74, 6) is -1.18. The van der Waals surface area contributed by atoms with Gasteiger partial charge in [0.2, 0.25) is 0 Å². The summed E-state index contributed by atoms with van der Waals surface area (Å²) in [4.78, 5) is 31.2. The summed E-state index contributed by atoms with van der Waals surface area (Å²) >= 11 is 0. The zero-order chi connectivity index (χ0) is 14.8. The van der Waals surface area contributed by atoms with Crippen molar-refractivity contribution < 1.29 is 29.0 Å². The van der Waals surface area contributed by atoms with Gasteiger partial charge in [-0.05, 0) is 34.6 Å². The fourth-order valence-corrected chi connectivity index (χ4v) is 0.723. The van der Waals surface area contributed by atoms with Crippen LogP contribution in [0.4, 0.5) is 0 Å². The zero-order valence-electron chi connectivity index (χ0n) is 11.6. The summed E-state index contributed by atoms with van der Waals surface area (Å²) in [7, 11) is 0. The van der Waals surface area contributed by atoms with Gasteiger partial charge in [-0.25, -0.2) is 4.79 Å². The summed E-state index contributed by atoms with van der Waals surface area (Å²) in [6.45, 7) is 8.20. The third-order valence-corrected chi connectivity index (χ3v) is 1.47. The molecule has 0 atom stereocenters. The maximum Gasteiger partial charge on any atom is 0.337 e. The Bertz CT molecular complexity index is 277. The Balaban J connectivity index is 0. The number of aliphatic hydroxyl groups is 1. The van der Waals surface area contributed by atoms with Crippen LogP contribution in [0.15, 0.2) is 0 Å². The van der Waals surface area contributed by atoms with Crippen molar-refractivity contribution in [2.75, 3.05) is 13.2 Å². The zero-order valence-corrected chi connectivity index (χ0v) is 11.6. The first kappa shape index (κ1) is 18.9. The third kappa shape index (κ3) is 12.6. The number of ether oxygens (including phenoxy) is 2. The van der Waals surface area contributed by atoms with Gasteiger partial charge in [0, 0.05) is 0 Å². The van der Waals surface area contributed by atoms with E-state index in [-0.39, 0.29) is 12.2 Å². The van der Waals surface area contributed by atoms with Crippen molar-refractivity contribution in [1.29, 1.82) is 0 Å². The van der Waals surface area contributed by atoms with E-state index in [9.17, 15) is 14.4 Å². The van der Waals surface area contributed by atoms with Crippen molar-refractivity contribution in [1.82, 2.24) is 0 Å². The topological polar surface area (TPSA) is 89.9 Å². The number of hydrogen-bond donors (Lipinski definition) is 1. The molecule has 106 valence electrons. The van der Waals surface area contributed by atoms with Gasteiger partial charge in [0.25, 0.3) is 0 Å². The predicted octanol–water partition coefficient (Wildman–Crippen LogP) is 0.849. The lowest BCUT2D eigenvalue weighted by atomic mass is 10.1. The Morgan fingerprint density at radius 1 is 1.06 bits per heavy atom. The Kier molecular flexibility index (Phi) is 10.1. The summed E-state index contributed by atoms with van der Waals surface area (Å²) in [5.41, 5.74) is -1.35. The van der Waals surface area contributed by atoms with Gasteiger partial charge in [-0.1, -0.05) is 0 Å². The highest BCUT2D eigenvalue weighted by Gasteiger charge is 2.24. The molecule has 0 heterocycles. The molecular weight excluding hydrogens is 240 g/mol. The highest BCUT2D eigenvalue weighted by atomic mass is 16.5. The van der Waals surface area contributed by atoms with Crippen LogP contribution in [0.25, 0.3) is 0 Å². The van der Waals surface area contributed by atoms with Crippen LogP contribution in [0.5, 0.6) is 0 Å². The second-order valence-corrected chi connectivity index (χ2v) is 3.96. The van der Waals surface area contributed by atoms with Gasteiger partial charge < -0.3 is 14.6 Å². The first-order chi connectivity index (χ1) is 8.15. The molecule has 6 nitrogen and oxygen atoms in total. The number of hydrogen-bond acceptors (Lipinski definition) is 6. The first-order valence-electron chi connectivity index (χ1n) is 5.69. The Morgan fingerprint density at radius 2 is 1.50 bits per heavy atom. The van der Waals surface area contributed by atoms with Crippen LogP contribution in [0, 0.1) is 0 Å². The minimum Gasteiger partial charge on any atom is -0.466 e. The quantitative estimate of drug-likeness (QED) is 0.583. The second-order valence-electron chi connectivity index (χ2n) is 3.96. The minimum atomic E-state index is -1.35. The number of esters is 2. The lowest BCUT2D eigenvalue weighted by molar-refractivity contribution is -0.161. The molecule has 18 heavy (non-hydrogen) atoms. The molecule has 0 aromatic rings. The van der Waals surface area contributed by atoms with E-state index in [4.69, 9.17) is 5.11 Å². The largest absolute Gasteiger partial charge is 0.466 e. The van der Waals surface area contributed by atoms with Crippen LogP contribution in [0.3, 0.4) is 0 Å². The molecule has 0 rings (SSSR count). The molecular formula is C12H22O6. The van der Waals surface area contributed by atoms with E-state index in [0.29, 0.717) is 13.2 Å². The summed E-state index contributed by atoms with van der Waals surface area (Å²) in [5, 5.41) is 8.94. The highest BCUT2D eigenvalue weighted by Crippen LogP contribution is 2.02. The van der Waals surface area contributed by atoms with Crippen LogP contribution in [0.2, 0.25) is 0 Å². The van der Waals surface area contributed by atoms with Crippen LogP contribution in [-0.4, -0.2) is 41.6 Å². The maximum atomic E-state index is 10.6. The average Bonchev–Trinajstić information content (AvgIpc) is 2.16. The van der Waals surface area contributed by atoms with Crippen molar-refractivity contribution in [3.63, 3.8) is 0 Å². The molecule has 0 unspecified atom stereocenters. The predicted molar refractivity (Wildman–Crippen MR) is 64.9 cm³/mol. The van der Waals surface area contributed by atoms with Crippen LogP contribution in [0.1, 0.15) is 41.0 Å². The molecule has 0 fully saturated rings. The lowest BCUT2D eigenvalue weighted by Crippen LogP contribution is -2.32. The minimum absolute atomic E-state index is 0.103. The van der Waals surface area contributed by atoms with Gasteiger partial charge in [-0.3, -0.25) is 9.59 Å². The molecule has 0 aliphatic heterocycles. The molecule has 0 radical (unpaired) electrons. The molecule has 0 amide bonds. The standard InChI is InChI=1S/C6H12O3.C6H10O3/c1-4-9-5(7)6(2,3)8;1-3-9-6(8)4-5(2)7/h8H,4H2,1-3H3;3-4H2,1-2H3. The van der Waals surface area contributed by atoms with Crippen molar-refractivity contribution in [2.24, 2.45) is 0 Å². The molecule has 0 aliphatic carbocycles. The number of carbonyl (C=O) groups excluding carboxylic acids is 3. The van der Waals surface area contributed by atoms with Gasteiger partial charge in [0.05, 0.1) is 13.2 Å². The first-order valence-corrected chi connectivity index (χ1v) is 5.69. The molecule has 0 spiro atoms. The van der Waals surface area contributed by atoms with Gasteiger partial charge in [0.15, 0.2) is 5.60 Å². The van der Waals surface area contributed by atoms with E-state index in [1.54, 1.807) is 13.8 Å². The van der Waals surface area contributed by atoms with E-state index in [2.05, 4.69) is 9.47 Å². The third-order valence-electron chi connectivity index (χ3n) is 1.47.